The predicted molar refractivity (Wildman–Crippen MR) is 109 cm³/mol. The number of H-pyrrole nitrogens is 1. The number of hydrogen-bond donors (Lipinski definition) is 1. The maximum Gasteiger partial charge on any atom is 0.270 e. The van der Waals surface area contributed by atoms with Crippen LogP contribution in [0.2, 0.25) is 0 Å². The van der Waals surface area contributed by atoms with Crippen LogP contribution >= 0.6 is 0 Å². The SMILES string of the molecule is CCCCCc1ccc2c(n1)[nH]c1ccc(-c3cccc([N+](=O)[O-])c3)cc12. The monoisotopic (exact) mass is 359 g/mol. The molecule has 0 spiro atoms. The highest BCUT2D eigenvalue weighted by atomic mass is 16.6. The van der Waals surface area contributed by atoms with Gasteiger partial charge in [-0.25, -0.2) is 4.98 Å². The minimum Gasteiger partial charge on any atom is -0.339 e. The predicted octanol–water partition coefficient (Wildman–Crippen LogP) is 6.02. The smallest absolute Gasteiger partial charge is 0.270 e. The first-order valence-corrected chi connectivity index (χ1v) is 9.32. The number of unbranched alkanes of at least 4 members (excludes halogenated alkanes) is 2. The van der Waals surface area contributed by atoms with Crippen molar-refractivity contribution in [1.82, 2.24) is 9.97 Å². The Hall–Kier alpha value is -3.21. The first-order chi connectivity index (χ1) is 13.2. The van der Waals surface area contributed by atoms with Gasteiger partial charge >= 0.3 is 0 Å². The summed E-state index contributed by atoms with van der Waals surface area (Å²) in [6.45, 7) is 2.20. The molecule has 0 aliphatic rings. The minimum atomic E-state index is -0.363. The quantitative estimate of drug-likeness (QED) is 0.260. The summed E-state index contributed by atoms with van der Waals surface area (Å²) in [4.78, 5) is 18.9. The molecule has 0 bridgehead atoms. The fourth-order valence-electron chi connectivity index (χ4n) is 3.49. The van der Waals surface area contributed by atoms with E-state index >= 15 is 0 Å². The van der Waals surface area contributed by atoms with E-state index in [0.29, 0.717) is 0 Å². The van der Waals surface area contributed by atoms with Gasteiger partial charge in [0.15, 0.2) is 0 Å². The van der Waals surface area contributed by atoms with Crippen LogP contribution in [0.5, 0.6) is 0 Å². The lowest BCUT2D eigenvalue weighted by Gasteiger charge is -2.02. The van der Waals surface area contributed by atoms with Gasteiger partial charge in [0.2, 0.25) is 0 Å². The van der Waals surface area contributed by atoms with Crippen LogP contribution in [0.25, 0.3) is 33.1 Å². The number of aromatic nitrogens is 2. The molecule has 0 saturated heterocycles. The third-order valence-corrected chi connectivity index (χ3v) is 4.94. The standard InChI is InChI=1S/C22H21N3O2/c1-2-3-4-7-17-10-11-19-20-14-16(9-12-21(20)24-22(19)23-17)15-6-5-8-18(13-15)25(26)27/h5-6,8-14H,2-4,7H2,1H3,(H,23,24). The summed E-state index contributed by atoms with van der Waals surface area (Å²) in [5.41, 5.74) is 4.93. The van der Waals surface area contributed by atoms with E-state index in [4.69, 9.17) is 4.98 Å². The molecule has 27 heavy (non-hydrogen) atoms. The van der Waals surface area contributed by atoms with Gasteiger partial charge in [-0.1, -0.05) is 38.0 Å². The van der Waals surface area contributed by atoms with Crippen LogP contribution in [0.3, 0.4) is 0 Å². The lowest BCUT2D eigenvalue weighted by Crippen LogP contribution is -1.90. The highest BCUT2D eigenvalue weighted by Crippen LogP contribution is 2.31. The topological polar surface area (TPSA) is 71.8 Å². The molecular weight excluding hydrogens is 338 g/mol. The highest BCUT2D eigenvalue weighted by molar-refractivity contribution is 6.07. The van der Waals surface area contributed by atoms with Crippen molar-refractivity contribution < 1.29 is 4.92 Å². The van der Waals surface area contributed by atoms with E-state index in [-0.39, 0.29) is 10.6 Å². The van der Waals surface area contributed by atoms with E-state index in [0.717, 1.165) is 51.6 Å². The molecule has 0 atom stereocenters. The molecule has 0 unspecified atom stereocenters. The first-order valence-electron chi connectivity index (χ1n) is 9.32. The number of nitro benzene ring substituents is 1. The van der Waals surface area contributed by atoms with Crippen LogP contribution in [-0.2, 0) is 6.42 Å². The highest BCUT2D eigenvalue weighted by Gasteiger charge is 2.10. The van der Waals surface area contributed by atoms with Crippen molar-refractivity contribution >= 4 is 27.6 Å². The van der Waals surface area contributed by atoms with E-state index in [9.17, 15) is 10.1 Å². The Morgan fingerprint density at radius 2 is 1.85 bits per heavy atom. The fourth-order valence-corrected chi connectivity index (χ4v) is 3.49. The normalized spacial score (nSPS) is 11.3. The van der Waals surface area contributed by atoms with Gasteiger partial charge in [0.25, 0.3) is 5.69 Å². The number of fused-ring (bicyclic) bond motifs is 3. The van der Waals surface area contributed by atoms with Gasteiger partial charge in [-0.05, 0) is 48.2 Å². The maximum absolute atomic E-state index is 11.0. The molecule has 0 fully saturated rings. The van der Waals surface area contributed by atoms with Crippen LogP contribution in [0, 0.1) is 10.1 Å². The molecule has 0 radical (unpaired) electrons. The first kappa shape index (κ1) is 17.2. The molecule has 2 heterocycles. The molecular formula is C22H21N3O2. The van der Waals surface area contributed by atoms with Crippen molar-refractivity contribution in [2.24, 2.45) is 0 Å². The summed E-state index contributed by atoms with van der Waals surface area (Å²) in [6.07, 6.45) is 4.58. The van der Waals surface area contributed by atoms with Gasteiger partial charge in [0.1, 0.15) is 5.65 Å². The second-order valence-electron chi connectivity index (χ2n) is 6.85. The third-order valence-electron chi connectivity index (χ3n) is 4.94. The number of pyridine rings is 1. The summed E-state index contributed by atoms with van der Waals surface area (Å²) in [5.74, 6) is 0. The van der Waals surface area contributed by atoms with E-state index in [1.165, 1.54) is 18.9 Å². The average molecular weight is 359 g/mol. The van der Waals surface area contributed by atoms with Crippen LogP contribution in [0.4, 0.5) is 5.69 Å². The Morgan fingerprint density at radius 3 is 2.67 bits per heavy atom. The summed E-state index contributed by atoms with van der Waals surface area (Å²) >= 11 is 0. The fraction of sp³-hybridized carbons (Fsp3) is 0.227. The number of aromatic amines is 1. The number of hydrogen-bond acceptors (Lipinski definition) is 3. The molecule has 1 N–H and O–H groups in total. The molecule has 2 aromatic heterocycles. The lowest BCUT2D eigenvalue weighted by atomic mass is 10.0. The van der Waals surface area contributed by atoms with Gasteiger partial charge in [-0.2, -0.15) is 0 Å². The van der Waals surface area contributed by atoms with Crippen molar-refractivity contribution in [3.8, 4) is 11.1 Å². The Bertz CT molecular complexity index is 1130. The largest absolute Gasteiger partial charge is 0.339 e. The Labute approximate surface area is 157 Å². The van der Waals surface area contributed by atoms with Gasteiger partial charge in [0.05, 0.1) is 4.92 Å². The van der Waals surface area contributed by atoms with Crippen molar-refractivity contribution in [3.63, 3.8) is 0 Å². The molecule has 0 saturated carbocycles. The van der Waals surface area contributed by atoms with Crippen molar-refractivity contribution in [2.45, 2.75) is 32.6 Å². The number of nitrogens with zero attached hydrogens (tertiary/aromatic N) is 2. The van der Waals surface area contributed by atoms with Gasteiger partial charge in [-0.15, -0.1) is 0 Å². The molecule has 4 aromatic rings. The van der Waals surface area contributed by atoms with Gasteiger partial charge in [0, 0.05) is 34.1 Å². The second-order valence-corrected chi connectivity index (χ2v) is 6.85. The summed E-state index contributed by atoms with van der Waals surface area (Å²) < 4.78 is 0. The average Bonchev–Trinajstić information content (AvgIpc) is 3.05. The van der Waals surface area contributed by atoms with Crippen LogP contribution in [-0.4, -0.2) is 14.9 Å². The van der Waals surface area contributed by atoms with Crippen LogP contribution < -0.4 is 0 Å². The van der Waals surface area contributed by atoms with Crippen LogP contribution in [0.15, 0.2) is 54.6 Å². The summed E-state index contributed by atoms with van der Waals surface area (Å²) in [7, 11) is 0. The molecule has 0 aliphatic carbocycles. The Morgan fingerprint density at radius 1 is 1.00 bits per heavy atom. The third kappa shape index (κ3) is 3.40. The van der Waals surface area contributed by atoms with Crippen molar-refractivity contribution in [3.05, 3.63) is 70.4 Å². The lowest BCUT2D eigenvalue weighted by molar-refractivity contribution is -0.384. The van der Waals surface area contributed by atoms with Gasteiger partial charge < -0.3 is 4.98 Å². The zero-order valence-corrected chi connectivity index (χ0v) is 15.2. The molecule has 2 aromatic carbocycles. The number of non-ortho nitro benzene ring substituents is 1. The number of nitrogens with one attached hydrogen (secondary N) is 1. The maximum atomic E-state index is 11.0. The van der Waals surface area contributed by atoms with E-state index < -0.39 is 0 Å². The molecule has 136 valence electrons. The Balaban J connectivity index is 1.74. The molecule has 5 heteroatoms. The minimum absolute atomic E-state index is 0.102. The summed E-state index contributed by atoms with van der Waals surface area (Å²) in [5, 5.41) is 13.2. The number of rotatable bonds is 6. The zero-order chi connectivity index (χ0) is 18.8. The molecule has 0 amide bonds. The van der Waals surface area contributed by atoms with Crippen molar-refractivity contribution in [1.29, 1.82) is 0 Å². The number of aryl methyl sites for hydroxylation is 1. The molecule has 4 rings (SSSR count). The number of benzene rings is 2. The number of nitro groups is 1. The molecule has 0 aliphatic heterocycles. The van der Waals surface area contributed by atoms with E-state index in [2.05, 4.69) is 30.1 Å². The van der Waals surface area contributed by atoms with Crippen molar-refractivity contribution in [2.75, 3.05) is 0 Å². The van der Waals surface area contributed by atoms with E-state index in [1.54, 1.807) is 12.1 Å². The second kappa shape index (κ2) is 7.19. The van der Waals surface area contributed by atoms with Crippen LogP contribution in [0.1, 0.15) is 31.9 Å². The molecule has 5 nitrogen and oxygen atoms in total. The van der Waals surface area contributed by atoms with Gasteiger partial charge in [-0.3, -0.25) is 10.1 Å². The Kier molecular flexibility index (Phi) is 4.59. The zero-order valence-electron chi connectivity index (χ0n) is 15.2. The van der Waals surface area contributed by atoms with E-state index in [1.807, 2.05) is 18.2 Å². The summed E-state index contributed by atoms with van der Waals surface area (Å²) in [6, 6.07) is 17.0.